The topological polar surface area (TPSA) is 61.6 Å². The highest BCUT2D eigenvalue weighted by atomic mass is 19.1. The molecular formula is C12H9FN4. The second-order valence-corrected chi connectivity index (χ2v) is 3.48. The van der Waals surface area contributed by atoms with Crippen LogP contribution in [0.25, 0.3) is 0 Å². The van der Waals surface area contributed by atoms with E-state index in [9.17, 15) is 4.39 Å². The van der Waals surface area contributed by atoms with Gasteiger partial charge in [-0.1, -0.05) is 6.07 Å². The molecule has 0 aliphatic heterocycles. The van der Waals surface area contributed by atoms with E-state index < -0.39 is 0 Å². The van der Waals surface area contributed by atoms with Gasteiger partial charge in [0.2, 0.25) is 0 Å². The zero-order valence-electron chi connectivity index (χ0n) is 9.11. The number of halogens is 1. The van der Waals surface area contributed by atoms with Crippen molar-refractivity contribution in [2.75, 3.05) is 5.32 Å². The van der Waals surface area contributed by atoms with Gasteiger partial charge in [0.1, 0.15) is 17.7 Å². The Balaban J connectivity index is 2.25. The molecule has 0 aliphatic carbocycles. The van der Waals surface area contributed by atoms with Gasteiger partial charge in [-0.25, -0.2) is 14.4 Å². The van der Waals surface area contributed by atoms with Gasteiger partial charge in [0.15, 0.2) is 5.69 Å². The molecule has 0 radical (unpaired) electrons. The van der Waals surface area contributed by atoms with Gasteiger partial charge in [0.05, 0.1) is 12.4 Å². The number of aryl methyl sites for hydroxylation is 1. The fraction of sp³-hybridized carbons (Fsp3) is 0.0833. The Bertz CT molecular complexity index is 572. The number of benzene rings is 1. The quantitative estimate of drug-likeness (QED) is 0.857. The average Bonchev–Trinajstić information content (AvgIpc) is 2.35. The molecule has 0 fully saturated rings. The molecular weight excluding hydrogens is 219 g/mol. The first kappa shape index (κ1) is 11.0. The first-order valence-corrected chi connectivity index (χ1v) is 4.94. The van der Waals surface area contributed by atoms with Crippen molar-refractivity contribution in [3.05, 3.63) is 47.7 Å². The van der Waals surface area contributed by atoms with Crippen LogP contribution in [-0.4, -0.2) is 9.97 Å². The van der Waals surface area contributed by atoms with E-state index in [2.05, 4.69) is 15.3 Å². The van der Waals surface area contributed by atoms with Crippen molar-refractivity contribution in [1.82, 2.24) is 9.97 Å². The molecule has 1 aromatic carbocycles. The van der Waals surface area contributed by atoms with Crippen LogP contribution in [0.3, 0.4) is 0 Å². The summed E-state index contributed by atoms with van der Waals surface area (Å²) in [6.45, 7) is 1.86. The van der Waals surface area contributed by atoms with Gasteiger partial charge < -0.3 is 5.32 Å². The van der Waals surface area contributed by atoms with Crippen LogP contribution in [0.2, 0.25) is 0 Å². The van der Waals surface area contributed by atoms with Gasteiger partial charge in [-0.2, -0.15) is 5.26 Å². The van der Waals surface area contributed by atoms with Crippen LogP contribution in [0, 0.1) is 24.1 Å². The summed E-state index contributed by atoms with van der Waals surface area (Å²) >= 11 is 0. The predicted molar refractivity (Wildman–Crippen MR) is 61.2 cm³/mol. The highest BCUT2D eigenvalue weighted by molar-refractivity contribution is 5.59. The van der Waals surface area contributed by atoms with Gasteiger partial charge in [0.25, 0.3) is 0 Å². The number of nitrogens with one attached hydrogen (secondary N) is 1. The normalized spacial score (nSPS) is 9.71. The molecule has 0 aliphatic rings. The summed E-state index contributed by atoms with van der Waals surface area (Å²) in [6.07, 6.45) is 2.79. The summed E-state index contributed by atoms with van der Waals surface area (Å²) in [4.78, 5) is 7.86. The smallest absolute Gasteiger partial charge is 0.158 e. The third-order valence-electron chi connectivity index (χ3n) is 2.23. The Labute approximate surface area is 97.8 Å². The van der Waals surface area contributed by atoms with Crippen molar-refractivity contribution >= 4 is 11.5 Å². The lowest BCUT2D eigenvalue weighted by atomic mass is 10.2. The molecule has 1 aromatic heterocycles. The van der Waals surface area contributed by atoms with Gasteiger partial charge in [0, 0.05) is 5.69 Å². The van der Waals surface area contributed by atoms with Crippen LogP contribution in [0.15, 0.2) is 30.6 Å². The van der Waals surface area contributed by atoms with Crippen LogP contribution in [0.5, 0.6) is 0 Å². The number of nitrogens with zero attached hydrogens (tertiary/aromatic N) is 3. The number of rotatable bonds is 2. The zero-order chi connectivity index (χ0) is 12.3. The van der Waals surface area contributed by atoms with E-state index in [1.165, 1.54) is 24.5 Å². The average molecular weight is 228 g/mol. The maximum absolute atomic E-state index is 13.0. The van der Waals surface area contributed by atoms with E-state index in [1.54, 1.807) is 6.07 Å². The van der Waals surface area contributed by atoms with Gasteiger partial charge in [-0.15, -0.1) is 0 Å². The number of aromatic nitrogens is 2. The van der Waals surface area contributed by atoms with Crippen molar-refractivity contribution in [3.63, 3.8) is 0 Å². The fourth-order valence-electron chi connectivity index (χ4n) is 1.32. The maximum Gasteiger partial charge on any atom is 0.158 e. The second kappa shape index (κ2) is 4.58. The lowest BCUT2D eigenvalue weighted by Gasteiger charge is -2.08. The lowest BCUT2D eigenvalue weighted by molar-refractivity contribution is 0.628. The second-order valence-electron chi connectivity index (χ2n) is 3.48. The fourth-order valence-corrected chi connectivity index (χ4v) is 1.32. The Morgan fingerprint density at radius 2 is 2.12 bits per heavy atom. The maximum atomic E-state index is 13.0. The standard InChI is InChI=1S/C12H9FN4/c1-8-2-3-9(13)4-11(8)17-12-7-15-10(5-14)6-16-12/h2-4,6-7H,1H3,(H,16,17). The van der Waals surface area contributed by atoms with Gasteiger partial charge >= 0.3 is 0 Å². The van der Waals surface area contributed by atoms with Crippen LogP contribution >= 0.6 is 0 Å². The van der Waals surface area contributed by atoms with Gasteiger partial charge in [-0.3, -0.25) is 0 Å². The van der Waals surface area contributed by atoms with Crippen LogP contribution < -0.4 is 5.32 Å². The molecule has 2 rings (SSSR count). The first-order valence-electron chi connectivity index (χ1n) is 4.94. The third kappa shape index (κ3) is 2.55. The van der Waals surface area contributed by atoms with Crippen molar-refractivity contribution in [1.29, 1.82) is 5.26 Å². The SMILES string of the molecule is Cc1ccc(F)cc1Nc1cnc(C#N)cn1. The van der Waals surface area contributed by atoms with Gasteiger partial charge in [-0.05, 0) is 24.6 Å². The van der Waals surface area contributed by atoms with Crippen LogP contribution in [0.1, 0.15) is 11.3 Å². The molecule has 1 heterocycles. The molecule has 2 aromatic rings. The highest BCUT2D eigenvalue weighted by Gasteiger charge is 2.02. The molecule has 0 spiro atoms. The number of nitriles is 1. The van der Waals surface area contributed by atoms with E-state index in [0.717, 1.165) is 5.56 Å². The highest BCUT2D eigenvalue weighted by Crippen LogP contribution is 2.19. The number of hydrogen-bond donors (Lipinski definition) is 1. The predicted octanol–water partition coefficient (Wildman–Crippen LogP) is 2.54. The summed E-state index contributed by atoms with van der Waals surface area (Å²) in [5.74, 6) is 0.150. The summed E-state index contributed by atoms with van der Waals surface area (Å²) < 4.78 is 13.0. The lowest BCUT2D eigenvalue weighted by Crippen LogP contribution is -1.97. The summed E-state index contributed by atoms with van der Waals surface area (Å²) in [5, 5.41) is 11.5. The minimum absolute atomic E-state index is 0.242. The Morgan fingerprint density at radius 3 is 2.76 bits per heavy atom. The first-order chi connectivity index (χ1) is 8.19. The molecule has 1 N–H and O–H groups in total. The summed E-state index contributed by atoms with van der Waals surface area (Å²) in [6, 6.07) is 6.33. The molecule has 17 heavy (non-hydrogen) atoms. The largest absolute Gasteiger partial charge is 0.339 e. The minimum Gasteiger partial charge on any atom is -0.339 e. The number of anilines is 2. The van der Waals surface area contributed by atoms with Crippen molar-refractivity contribution in [3.8, 4) is 6.07 Å². The molecule has 0 saturated heterocycles. The summed E-state index contributed by atoms with van der Waals surface area (Å²) in [5.41, 5.74) is 1.77. The Hall–Kier alpha value is -2.48. The van der Waals surface area contributed by atoms with E-state index in [4.69, 9.17) is 5.26 Å². The third-order valence-corrected chi connectivity index (χ3v) is 2.23. The zero-order valence-corrected chi connectivity index (χ0v) is 9.11. The van der Waals surface area contributed by atoms with E-state index in [1.807, 2.05) is 13.0 Å². The molecule has 0 bridgehead atoms. The van der Waals surface area contributed by atoms with E-state index in [0.29, 0.717) is 11.5 Å². The molecule has 0 saturated carbocycles. The molecule has 84 valence electrons. The minimum atomic E-state index is -0.320. The Kier molecular flexibility index (Phi) is 2.97. The van der Waals surface area contributed by atoms with Crippen molar-refractivity contribution in [2.24, 2.45) is 0 Å². The van der Waals surface area contributed by atoms with Crippen molar-refractivity contribution < 1.29 is 4.39 Å². The van der Waals surface area contributed by atoms with E-state index >= 15 is 0 Å². The van der Waals surface area contributed by atoms with Crippen LogP contribution in [-0.2, 0) is 0 Å². The molecule has 5 heteroatoms. The van der Waals surface area contributed by atoms with Crippen LogP contribution in [0.4, 0.5) is 15.9 Å². The summed E-state index contributed by atoms with van der Waals surface area (Å²) in [7, 11) is 0. The molecule has 0 atom stereocenters. The molecule has 0 unspecified atom stereocenters. The van der Waals surface area contributed by atoms with Crippen molar-refractivity contribution in [2.45, 2.75) is 6.92 Å². The van der Waals surface area contributed by atoms with E-state index in [-0.39, 0.29) is 11.5 Å². The Morgan fingerprint density at radius 1 is 1.29 bits per heavy atom. The molecule has 4 nitrogen and oxygen atoms in total. The number of hydrogen-bond acceptors (Lipinski definition) is 4. The molecule has 0 amide bonds. The monoisotopic (exact) mass is 228 g/mol.